The zero-order chi connectivity index (χ0) is 15.1. The van der Waals surface area contributed by atoms with E-state index in [1.54, 1.807) is 6.07 Å². The lowest BCUT2D eigenvalue weighted by Crippen LogP contribution is -2.13. The van der Waals surface area contributed by atoms with Gasteiger partial charge in [-0.3, -0.25) is 4.79 Å². The number of hydrogen-bond donors (Lipinski definition) is 1. The smallest absolute Gasteiger partial charge is 0.250 e. The average Bonchev–Trinajstić information content (AvgIpc) is 3.11. The first-order valence-corrected chi connectivity index (χ1v) is 7.07. The van der Waals surface area contributed by atoms with Gasteiger partial charge in [0.25, 0.3) is 5.91 Å². The molecule has 4 aromatic rings. The van der Waals surface area contributed by atoms with Crippen LogP contribution in [0.25, 0.3) is 21.9 Å². The minimum absolute atomic E-state index is 0.421. The van der Waals surface area contributed by atoms with Crippen LogP contribution < -0.4 is 5.73 Å². The first-order valence-electron chi connectivity index (χ1n) is 7.07. The SMILES string of the molecule is NC(=O)c1cccc2ccn(Cc3cc4ccccc4o3)c12. The first-order chi connectivity index (χ1) is 10.7. The molecule has 0 saturated heterocycles. The van der Waals surface area contributed by atoms with Crippen LogP contribution in [-0.2, 0) is 6.54 Å². The molecule has 0 aliphatic carbocycles. The van der Waals surface area contributed by atoms with Crippen molar-refractivity contribution in [3.8, 4) is 0 Å². The summed E-state index contributed by atoms with van der Waals surface area (Å²) in [5, 5.41) is 2.07. The molecule has 0 fully saturated rings. The Balaban J connectivity index is 1.82. The topological polar surface area (TPSA) is 61.2 Å². The minimum atomic E-state index is -0.421. The normalized spacial score (nSPS) is 11.3. The van der Waals surface area contributed by atoms with Crippen LogP contribution >= 0.6 is 0 Å². The van der Waals surface area contributed by atoms with E-state index in [9.17, 15) is 4.79 Å². The Morgan fingerprint density at radius 3 is 2.68 bits per heavy atom. The fourth-order valence-corrected chi connectivity index (χ4v) is 2.87. The van der Waals surface area contributed by atoms with Crippen LogP contribution in [0.15, 0.2) is 65.2 Å². The van der Waals surface area contributed by atoms with Crippen LogP contribution in [0.2, 0.25) is 0 Å². The van der Waals surface area contributed by atoms with Crippen molar-refractivity contribution in [1.82, 2.24) is 4.57 Å². The summed E-state index contributed by atoms with van der Waals surface area (Å²) in [7, 11) is 0. The minimum Gasteiger partial charge on any atom is -0.459 e. The van der Waals surface area contributed by atoms with E-state index in [2.05, 4.69) is 0 Å². The van der Waals surface area contributed by atoms with Crippen LogP contribution in [0.5, 0.6) is 0 Å². The van der Waals surface area contributed by atoms with Crippen molar-refractivity contribution in [2.45, 2.75) is 6.54 Å². The fourth-order valence-electron chi connectivity index (χ4n) is 2.87. The Kier molecular flexibility index (Phi) is 2.76. The van der Waals surface area contributed by atoms with Crippen LogP contribution in [0, 0.1) is 0 Å². The third-order valence-electron chi connectivity index (χ3n) is 3.86. The summed E-state index contributed by atoms with van der Waals surface area (Å²) in [5.74, 6) is 0.424. The molecule has 0 bridgehead atoms. The highest BCUT2D eigenvalue weighted by atomic mass is 16.3. The molecule has 0 aliphatic heterocycles. The molecular weight excluding hydrogens is 276 g/mol. The Morgan fingerprint density at radius 1 is 1.05 bits per heavy atom. The predicted molar refractivity (Wildman–Crippen MR) is 85.8 cm³/mol. The van der Waals surface area contributed by atoms with Crippen molar-refractivity contribution in [3.05, 3.63) is 72.1 Å². The van der Waals surface area contributed by atoms with E-state index >= 15 is 0 Å². The van der Waals surface area contributed by atoms with E-state index in [1.807, 2.05) is 59.3 Å². The van der Waals surface area contributed by atoms with E-state index < -0.39 is 5.91 Å². The molecular formula is C18H14N2O2. The van der Waals surface area contributed by atoms with Crippen molar-refractivity contribution in [3.63, 3.8) is 0 Å². The predicted octanol–water partition coefficient (Wildman–Crippen LogP) is 3.53. The van der Waals surface area contributed by atoms with Gasteiger partial charge < -0.3 is 14.7 Å². The van der Waals surface area contributed by atoms with E-state index in [4.69, 9.17) is 10.2 Å². The number of furan rings is 1. The van der Waals surface area contributed by atoms with Crippen LogP contribution in [0.1, 0.15) is 16.1 Å². The second-order valence-corrected chi connectivity index (χ2v) is 5.30. The number of carbonyl (C=O) groups excluding carboxylic acids is 1. The van der Waals surface area contributed by atoms with Crippen LogP contribution in [0.3, 0.4) is 0 Å². The van der Waals surface area contributed by atoms with Gasteiger partial charge in [0, 0.05) is 17.0 Å². The number of aromatic nitrogens is 1. The molecule has 108 valence electrons. The highest BCUT2D eigenvalue weighted by molar-refractivity contribution is 6.05. The van der Waals surface area contributed by atoms with Crippen LogP contribution in [0.4, 0.5) is 0 Å². The van der Waals surface area contributed by atoms with Crippen molar-refractivity contribution in [2.24, 2.45) is 5.73 Å². The number of primary amides is 1. The molecule has 2 heterocycles. The lowest BCUT2D eigenvalue weighted by Gasteiger charge is -2.06. The summed E-state index contributed by atoms with van der Waals surface area (Å²) in [6.07, 6.45) is 1.95. The van der Waals surface area contributed by atoms with Gasteiger partial charge in [0.1, 0.15) is 11.3 Å². The molecule has 4 rings (SSSR count). The summed E-state index contributed by atoms with van der Waals surface area (Å²) in [6.45, 7) is 0.558. The van der Waals surface area contributed by atoms with E-state index in [0.717, 1.165) is 27.6 Å². The molecule has 0 atom stereocenters. The van der Waals surface area contributed by atoms with Crippen LogP contribution in [-0.4, -0.2) is 10.5 Å². The molecule has 2 aromatic heterocycles. The largest absolute Gasteiger partial charge is 0.459 e. The number of nitrogens with zero attached hydrogens (tertiary/aromatic N) is 1. The number of fused-ring (bicyclic) bond motifs is 2. The van der Waals surface area contributed by atoms with Gasteiger partial charge in [-0.1, -0.05) is 30.3 Å². The fraction of sp³-hybridized carbons (Fsp3) is 0.0556. The molecule has 0 radical (unpaired) electrons. The van der Waals surface area contributed by atoms with Crippen molar-refractivity contribution in [2.75, 3.05) is 0 Å². The quantitative estimate of drug-likeness (QED) is 0.627. The molecule has 4 heteroatoms. The highest BCUT2D eigenvalue weighted by Crippen LogP contribution is 2.24. The molecule has 0 aliphatic rings. The number of benzene rings is 2. The second kappa shape index (κ2) is 4.77. The zero-order valence-electron chi connectivity index (χ0n) is 11.8. The number of carbonyl (C=O) groups is 1. The highest BCUT2D eigenvalue weighted by Gasteiger charge is 2.12. The van der Waals surface area contributed by atoms with Gasteiger partial charge in [-0.25, -0.2) is 0 Å². The molecule has 22 heavy (non-hydrogen) atoms. The molecule has 2 N–H and O–H groups in total. The Morgan fingerprint density at radius 2 is 1.86 bits per heavy atom. The van der Waals surface area contributed by atoms with E-state index in [-0.39, 0.29) is 0 Å². The number of nitrogens with two attached hydrogens (primary N) is 1. The lowest BCUT2D eigenvalue weighted by atomic mass is 10.1. The summed E-state index contributed by atoms with van der Waals surface area (Å²) in [5.41, 5.74) is 7.72. The maximum absolute atomic E-state index is 11.6. The number of amides is 1. The van der Waals surface area contributed by atoms with E-state index in [1.165, 1.54) is 0 Å². The number of para-hydroxylation sites is 2. The third-order valence-corrected chi connectivity index (χ3v) is 3.86. The lowest BCUT2D eigenvalue weighted by molar-refractivity contribution is 0.100. The molecule has 0 spiro atoms. The van der Waals surface area contributed by atoms with Gasteiger partial charge in [-0.15, -0.1) is 0 Å². The maximum Gasteiger partial charge on any atom is 0.250 e. The summed E-state index contributed by atoms with van der Waals surface area (Å²) in [4.78, 5) is 11.6. The van der Waals surface area contributed by atoms with Crippen molar-refractivity contribution < 1.29 is 9.21 Å². The third kappa shape index (κ3) is 1.97. The Hall–Kier alpha value is -3.01. The van der Waals surface area contributed by atoms with E-state index in [0.29, 0.717) is 12.1 Å². The molecule has 0 saturated carbocycles. The van der Waals surface area contributed by atoms with Gasteiger partial charge >= 0.3 is 0 Å². The summed E-state index contributed by atoms with van der Waals surface area (Å²) < 4.78 is 7.85. The van der Waals surface area contributed by atoms with Gasteiger partial charge in [0.05, 0.1) is 17.6 Å². The summed E-state index contributed by atoms with van der Waals surface area (Å²) >= 11 is 0. The van der Waals surface area contributed by atoms with Gasteiger partial charge in [-0.05, 0) is 24.3 Å². The molecule has 1 amide bonds. The van der Waals surface area contributed by atoms with Gasteiger partial charge in [0.15, 0.2) is 0 Å². The van der Waals surface area contributed by atoms with Gasteiger partial charge in [0.2, 0.25) is 0 Å². The Bertz CT molecular complexity index is 962. The second-order valence-electron chi connectivity index (χ2n) is 5.30. The van der Waals surface area contributed by atoms with Crippen molar-refractivity contribution in [1.29, 1.82) is 0 Å². The number of rotatable bonds is 3. The Labute approximate surface area is 126 Å². The summed E-state index contributed by atoms with van der Waals surface area (Å²) in [6, 6.07) is 17.5. The molecule has 0 unspecified atom stereocenters. The zero-order valence-corrected chi connectivity index (χ0v) is 11.8. The first kappa shape index (κ1) is 12.7. The van der Waals surface area contributed by atoms with Gasteiger partial charge in [-0.2, -0.15) is 0 Å². The standard InChI is InChI=1S/C18H14N2O2/c19-18(21)15-6-3-5-12-8-9-20(17(12)15)11-14-10-13-4-1-2-7-16(13)22-14/h1-10H,11H2,(H2,19,21). The van der Waals surface area contributed by atoms with Crippen molar-refractivity contribution >= 4 is 27.8 Å². The number of hydrogen-bond acceptors (Lipinski definition) is 2. The molecule has 4 nitrogen and oxygen atoms in total. The molecule has 2 aromatic carbocycles. The monoisotopic (exact) mass is 290 g/mol. The average molecular weight is 290 g/mol. The maximum atomic E-state index is 11.6.